The Morgan fingerprint density at radius 3 is 3.00 bits per heavy atom. The van der Waals surface area contributed by atoms with Gasteiger partial charge in [0.15, 0.2) is 0 Å². The van der Waals surface area contributed by atoms with E-state index >= 15 is 0 Å². The number of hydrogen-bond acceptors (Lipinski definition) is 5. The van der Waals surface area contributed by atoms with Crippen molar-refractivity contribution in [2.45, 2.75) is 44.1 Å². The summed E-state index contributed by atoms with van der Waals surface area (Å²) >= 11 is 1.90. The smallest absolute Gasteiger partial charge is 0.116 e. The number of fused-ring (bicyclic) bond motifs is 1. The molecule has 0 aromatic carbocycles. The number of nitrogens with zero attached hydrogens (tertiary/aromatic N) is 1. The van der Waals surface area contributed by atoms with E-state index in [0.717, 1.165) is 45.6 Å². The highest BCUT2D eigenvalue weighted by Gasteiger charge is 2.38. The number of methoxy groups -OCH3 is 1. The van der Waals surface area contributed by atoms with Gasteiger partial charge in [0.25, 0.3) is 0 Å². The molecule has 112 valence electrons. The molecule has 4 nitrogen and oxygen atoms in total. The standard InChI is InChI=1S/C15H24N2O2S/c1-18-10-8-16-15(7-4-9-19-11-15)14-17-12-5-2-3-6-13(12)20-14/h16H,2-11H2,1H3. The fourth-order valence-corrected chi connectivity index (χ4v) is 4.46. The zero-order valence-electron chi connectivity index (χ0n) is 12.2. The molecule has 0 radical (unpaired) electrons. The largest absolute Gasteiger partial charge is 0.383 e. The van der Waals surface area contributed by atoms with Gasteiger partial charge in [0.1, 0.15) is 5.01 Å². The van der Waals surface area contributed by atoms with Crippen LogP contribution in [0.4, 0.5) is 0 Å². The van der Waals surface area contributed by atoms with E-state index < -0.39 is 0 Å². The van der Waals surface area contributed by atoms with E-state index in [1.165, 1.54) is 34.8 Å². The molecule has 1 fully saturated rings. The average Bonchev–Trinajstić information content (AvgIpc) is 2.93. The molecule has 0 bridgehead atoms. The van der Waals surface area contributed by atoms with Crippen LogP contribution in [0.2, 0.25) is 0 Å². The van der Waals surface area contributed by atoms with Gasteiger partial charge in [-0.3, -0.25) is 0 Å². The van der Waals surface area contributed by atoms with Gasteiger partial charge in [0.2, 0.25) is 0 Å². The average molecular weight is 296 g/mol. The minimum absolute atomic E-state index is 0.0845. The van der Waals surface area contributed by atoms with E-state index in [-0.39, 0.29) is 5.54 Å². The molecule has 1 aliphatic heterocycles. The molecule has 1 aromatic rings. The van der Waals surface area contributed by atoms with Gasteiger partial charge < -0.3 is 14.8 Å². The third-order valence-electron chi connectivity index (χ3n) is 4.27. The van der Waals surface area contributed by atoms with Crippen LogP contribution in [0.5, 0.6) is 0 Å². The monoisotopic (exact) mass is 296 g/mol. The third kappa shape index (κ3) is 2.91. The first-order valence-corrected chi connectivity index (χ1v) is 8.46. The van der Waals surface area contributed by atoms with Crippen LogP contribution in [-0.2, 0) is 27.9 Å². The molecule has 0 saturated carbocycles. The summed E-state index contributed by atoms with van der Waals surface area (Å²) in [7, 11) is 1.74. The summed E-state index contributed by atoms with van der Waals surface area (Å²) in [6.07, 6.45) is 7.18. The Balaban J connectivity index is 1.82. The second-order valence-electron chi connectivity index (χ2n) is 5.75. The molecular formula is C15H24N2O2S. The van der Waals surface area contributed by atoms with E-state index in [0.29, 0.717) is 0 Å². The number of aryl methyl sites for hydroxylation is 2. The van der Waals surface area contributed by atoms with Crippen molar-refractivity contribution in [3.8, 4) is 0 Å². The Morgan fingerprint density at radius 1 is 1.35 bits per heavy atom. The summed E-state index contributed by atoms with van der Waals surface area (Å²) in [6, 6.07) is 0. The first kappa shape index (κ1) is 14.4. The lowest BCUT2D eigenvalue weighted by Crippen LogP contribution is -2.49. The summed E-state index contributed by atoms with van der Waals surface area (Å²) in [6.45, 7) is 3.19. The number of thiazole rings is 1. The first-order valence-electron chi connectivity index (χ1n) is 7.65. The molecule has 1 N–H and O–H groups in total. The lowest BCUT2D eigenvalue weighted by atomic mass is 9.93. The number of nitrogens with one attached hydrogen (secondary N) is 1. The minimum atomic E-state index is -0.0845. The van der Waals surface area contributed by atoms with Gasteiger partial charge in [-0.25, -0.2) is 4.98 Å². The van der Waals surface area contributed by atoms with Crippen molar-refractivity contribution >= 4 is 11.3 Å². The molecular weight excluding hydrogens is 272 g/mol. The number of hydrogen-bond donors (Lipinski definition) is 1. The Hall–Kier alpha value is -0.490. The SMILES string of the molecule is COCCNC1(c2nc3c(s2)CCCC3)CCCOC1. The maximum absolute atomic E-state index is 5.77. The van der Waals surface area contributed by atoms with Gasteiger partial charge in [0.05, 0.1) is 24.4 Å². The van der Waals surface area contributed by atoms with Crippen molar-refractivity contribution < 1.29 is 9.47 Å². The molecule has 1 unspecified atom stereocenters. The zero-order valence-corrected chi connectivity index (χ0v) is 13.1. The highest BCUT2D eigenvalue weighted by Crippen LogP contribution is 2.36. The number of rotatable bonds is 5. The van der Waals surface area contributed by atoms with Gasteiger partial charge in [-0.15, -0.1) is 11.3 Å². The van der Waals surface area contributed by atoms with Crippen LogP contribution in [0.3, 0.4) is 0 Å². The number of ether oxygens (including phenoxy) is 2. The minimum Gasteiger partial charge on any atom is -0.383 e. The van der Waals surface area contributed by atoms with Crippen LogP contribution in [0.25, 0.3) is 0 Å². The van der Waals surface area contributed by atoms with E-state index in [1.807, 2.05) is 11.3 Å². The molecule has 1 aliphatic carbocycles. The second-order valence-corrected chi connectivity index (χ2v) is 6.84. The quantitative estimate of drug-likeness (QED) is 0.847. The molecule has 0 spiro atoms. The van der Waals surface area contributed by atoms with Gasteiger partial charge in [-0.05, 0) is 38.5 Å². The molecule has 1 saturated heterocycles. The van der Waals surface area contributed by atoms with Crippen LogP contribution < -0.4 is 5.32 Å². The van der Waals surface area contributed by atoms with E-state index in [9.17, 15) is 0 Å². The summed E-state index contributed by atoms with van der Waals surface area (Å²) in [5.41, 5.74) is 1.26. The third-order valence-corrected chi connectivity index (χ3v) is 5.63. The maximum atomic E-state index is 5.77. The van der Waals surface area contributed by atoms with Gasteiger partial charge in [0, 0.05) is 25.1 Å². The molecule has 2 aliphatic rings. The van der Waals surface area contributed by atoms with Crippen LogP contribution in [-0.4, -0.2) is 38.5 Å². The Kier molecular flexibility index (Phi) is 4.71. The van der Waals surface area contributed by atoms with Crippen molar-refractivity contribution in [1.29, 1.82) is 0 Å². The van der Waals surface area contributed by atoms with Crippen molar-refractivity contribution in [3.63, 3.8) is 0 Å². The van der Waals surface area contributed by atoms with Crippen molar-refractivity contribution in [1.82, 2.24) is 10.3 Å². The molecule has 0 amide bonds. The van der Waals surface area contributed by atoms with E-state index in [1.54, 1.807) is 7.11 Å². The van der Waals surface area contributed by atoms with Crippen LogP contribution in [0.15, 0.2) is 0 Å². The molecule has 5 heteroatoms. The summed E-state index contributed by atoms with van der Waals surface area (Å²) in [5, 5.41) is 4.90. The van der Waals surface area contributed by atoms with Gasteiger partial charge in [-0.2, -0.15) is 0 Å². The normalized spacial score (nSPS) is 26.4. The first-order chi connectivity index (χ1) is 9.84. The lowest BCUT2D eigenvalue weighted by Gasteiger charge is -2.36. The van der Waals surface area contributed by atoms with Crippen molar-refractivity contribution in [3.05, 3.63) is 15.6 Å². The molecule has 20 heavy (non-hydrogen) atoms. The van der Waals surface area contributed by atoms with E-state index in [2.05, 4.69) is 5.32 Å². The fraction of sp³-hybridized carbons (Fsp3) is 0.800. The summed E-state index contributed by atoms with van der Waals surface area (Å²) in [4.78, 5) is 6.46. The Labute approximate surface area is 124 Å². The Morgan fingerprint density at radius 2 is 2.25 bits per heavy atom. The van der Waals surface area contributed by atoms with Crippen molar-refractivity contribution in [2.75, 3.05) is 33.5 Å². The topological polar surface area (TPSA) is 43.4 Å². The van der Waals surface area contributed by atoms with Crippen LogP contribution >= 0.6 is 11.3 Å². The molecule has 1 atom stereocenters. The van der Waals surface area contributed by atoms with Crippen LogP contribution in [0.1, 0.15) is 41.3 Å². The predicted octanol–water partition coefficient (Wildman–Crippen LogP) is 2.26. The zero-order chi connectivity index (χ0) is 13.8. The molecule has 3 rings (SSSR count). The molecule has 2 heterocycles. The van der Waals surface area contributed by atoms with Gasteiger partial charge in [-0.1, -0.05) is 0 Å². The van der Waals surface area contributed by atoms with Crippen LogP contribution in [0, 0.1) is 0 Å². The lowest BCUT2D eigenvalue weighted by molar-refractivity contribution is 0.0150. The maximum Gasteiger partial charge on any atom is 0.116 e. The Bertz CT molecular complexity index is 418. The summed E-state index contributed by atoms with van der Waals surface area (Å²) < 4.78 is 10.9. The van der Waals surface area contributed by atoms with Gasteiger partial charge >= 0.3 is 0 Å². The highest BCUT2D eigenvalue weighted by molar-refractivity contribution is 7.11. The number of aromatic nitrogens is 1. The molecule has 1 aromatic heterocycles. The van der Waals surface area contributed by atoms with E-state index in [4.69, 9.17) is 14.5 Å². The van der Waals surface area contributed by atoms with Crippen molar-refractivity contribution in [2.24, 2.45) is 0 Å². The predicted molar refractivity (Wildman–Crippen MR) is 80.4 cm³/mol. The second kappa shape index (κ2) is 6.52. The highest BCUT2D eigenvalue weighted by atomic mass is 32.1. The summed E-state index contributed by atoms with van der Waals surface area (Å²) in [5.74, 6) is 0. The fourth-order valence-electron chi connectivity index (χ4n) is 3.13.